The molecule has 0 amide bonds. The first kappa shape index (κ1) is 7.14. The summed E-state index contributed by atoms with van der Waals surface area (Å²) in [4.78, 5) is 6.91. The van der Waals surface area contributed by atoms with Crippen LogP contribution < -0.4 is 0 Å². The molecule has 0 fully saturated rings. The molecule has 4 heteroatoms. The molecule has 12 heavy (non-hydrogen) atoms. The average Bonchev–Trinajstić information content (AvgIpc) is 2.49. The van der Waals surface area contributed by atoms with Gasteiger partial charge in [-0.2, -0.15) is 5.26 Å². The van der Waals surface area contributed by atoms with Gasteiger partial charge in [0, 0.05) is 11.6 Å². The molecule has 0 bridgehead atoms. The van der Waals surface area contributed by atoms with Crippen LogP contribution in [0.4, 0.5) is 0 Å². The van der Waals surface area contributed by atoms with Gasteiger partial charge in [0.1, 0.15) is 11.7 Å². The molecule has 0 unspecified atom stereocenters. The molecule has 1 N–H and O–H groups in total. The Hall–Kier alpha value is -1.53. The van der Waals surface area contributed by atoms with Crippen molar-refractivity contribution in [2.75, 3.05) is 0 Å². The number of aromatic nitrogens is 2. The van der Waals surface area contributed by atoms with Crippen LogP contribution in [0.5, 0.6) is 0 Å². The summed E-state index contributed by atoms with van der Waals surface area (Å²) in [5.74, 6) is 0. The van der Waals surface area contributed by atoms with Crippen molar-refractivity contribution in [2.24, 2.45) is 0 Å². The number of nitriles is 1. The summed E-state index contributed by atoms with van der Waals surface area (Å²) in [7, 11) is 0. The maximum Gasteiger partial charge on any atom is 0.161 e. The Morgan fingerprint density at radius 1 is 1.58 bits per heavy atom. The smallest absolute Gasteiger partial charge is 0.161 e. The van der Waals surface area contributed by atoms with Crippen LogP contribution in [0.3, 0.4) is 0 Å². The van der Waals surface area contributed by atoms with E-state index < -0.39 is 0 Å². The van der Waals surface area contributed by atoms with Crippen LogP contribution in [-0.4, -0.2) is 9.97 Å². The third kappa shape index (κ3) is 0.936. The Bertz CT molecular complexity index is 467. The quantitative estimate of drug-likeness (QED) is 0.670. The van der Waals surface area contributed by atoms with Gasteiger partial charge in [0.15, 0.2) is 5.69 Å². The number of pyridine rings is 1. The Morgan fingerprint density at radius 3 is 3.17 bits per heavy atom. The van der Waals surface area contributed by atoms with E-state index in [1.165, 1.54) is 0 Å². The highest BCUT2D eigenvalue weighted by Gasteiger charge is 2.03. The van der Waals surface area contributed by atoms with Crippen LogP contribution in [0.15, 0.2) is 18.3 Å². The highest BCUT2D eigenvalue weighted by molar-refractivity contribution is 6.32. The van der Waals surface area contributed by atoms with E-state index in [0.29, 0.717) is 10.7 Å². The third-order valence-corrected chi connectivity index (χ3v) is 1.88. The van der Waals surface area contributed by atoms with E-state index in [2.05, 4.69) is 9.97 Å². The number of halogens is 1. The van der Waals surface area contributed by atoms with Gasteiger partial charge in [-0.25, -0.2) is 4.98 Å². The van der Waals surface area contributed by atoms with Gasteiger partial charge in [-0.3, -0.25) is 0 Å². The summed E-state index contributed by atoms with van der Waals surface area (Å²) in [6.07, 6.45) is 1.76. The zero-order chi connectivity index (χ0) is 8.55. The van der Waals surface area contributed by atoms with E-state index in [-0.39, 0.29) is 5.69 Å². The predicted octanol–water partition coefficient (Wildman–Crippen LogP) is 2.09. The second-order valence-electron chi connectivity index (χ2n) is 2.35. The van der Waals surface area contributed by atoms with Gasteiger partial charge < -0.3 is 4.98 Å². The topological polar surface area (TPSA) is 52.5 Å². The molecule has 2 aromatic heterocycles. The Balaban J connectivity index is 2.84. The summed E-state index contributed by atoms with van der Waals surface area (Å²) in [6, 6.07) is 5.49. The average molecular weight is 178 g/mol. The predicted molar refractivity (Wildman–Crippen MR) is 45.8 cm³/mol. The van der Waals surface area contributed by atoms with Crippen LogP contribution in [0.25, 0.3) is 11.0 Å². The molecule has 58 valence electrons. The standard InChI is InChI=1S/C8H4ClN3/c9-6-3-5-1-2-11-8(5)12-7(6)4-10/h1-3H,(H,11,12). The Morgan fingerprint density at radius 2 is 2.42 bits per heavy atom. The Labute approximate surface area is 73.6 Å². The number of rotatable bonds is 0. The van der Waals surface area contributed by atoms with Crippen molar-refractivity contribution in [1.29, 1.82) is 5.26 Å². The molecule has 0 radical (unpaired) electrons. The summed E-state index contributed by atoms with van der Waals surface area (Å²) in [6.45, 7) is 0. The van der Waals surface area contributed by atoms with Gasteiger partial charge in [-0.1, -0.05) is 11.6 Å². The molecular weight excluding hydrogens is 174 g/mol. The first-order chi connectivity index (χ1) is 5.81. The van der Waals surface area contributed by atoms with Crippen LogP contribution in [0.1, 0.15) is 5.69 Å². The fourth-order valence-electron chi connectivity index (χ4n) is 1.03. The number of H-pyrrole nitrogens is 1. The molecule has 2 aromatic rings. The molecule has 3 nitrogen and oxygen atoms in total. The molecule has 0 aromatic carbocycles. The lowest BCUT2D eigenvalue weighted by atomic mass is 10.3. The maximum absolute atomic E-state index is 8.60. The fourth-order valence-corrected chi connectivity index (χ4v) is 1.24. The molecule has 0 spiro atoms. The second-order valence-corrected chi connectivity index (χ2v) is 2.75. The summed E-state index contributed by atoms with van der Waals surface area (Å²) in [5.41, 5.74) is 0.947. The number of nitrogens with one attached hydrogen (secondary N) is 1. The summed E-state index contributed by atoms with van der Waals surface area (Å²) < 4.78 is 0. The summed E-state index contributed by atoms with van der Waals surface area (Å²) >= 11 is 5.76. The fraction of sp³-hybridized carbons (Fsp3) is 0. The van der Waals surface area contributed by atoms with Crippen molar-refractivity contribution in [3.63, 3.8) is 0 Å². The summed E-state index contributed by atoms with van der Waals surface area (Å²) in [5, 5.41) is 9.91. The monoisotopic (exact) mass is 177 g/mol. The molecule has 0 aliphatic carbocycles. The van der Waals surface area contributed by atoms with Gasteiger partial charge in [0.2, 0.25) is 0 Å². The van der Waals surface area contributed by atoms with Gasteiger partial charge >= 0.3 is 0 Å². The highest BCUT2D eigenvalue weighted by atomic mass is 35.5. The largest absolute Gasteiger partial charge is 0.346 e. The highest BCUT2D eigenvalue weighted by Crippen LogP contribution is 2.18. The van der Waals surface area contributed by atoms with Crippen LogP contribution >= 0.6 is 11.6 Å². The minimum Gasteiger partial charge on any atom is -0.346 e. The SMILES string of the molecule is N#Cc1nc2[nH]ccc2cc1Cl. The van der Waals surface area contributed by atoms with E-state index in [1.807, 2.05) is 12.1 Å². The lowest BCUT2D eigenvalue weighted by molar-refractivity contribution is 1.28. The first-order valence-corrected chi connectivity index (χ1v) is 3.73. The number of fused-ring (bicyclic) bond motifs is 1. The lowest BCUT2D eigenvalue weighted by Gasteiger charge is -1.93. The van der Waals surface area contributed by atoms with E-state index >= 15 is 0 Å². The molecule has 0 saturated carbocycles. The van der Waals surface area contributed by atoms with Crippen LogP contribution in [-0.2, 0) is 0 Å². The van der Waals surface area contributed by atoms with Crippen molar-refractivity contribution in [3.8, 4) is 6.07 Å². The molecule has 0 aliphatic rings. The van der Waals surface area contributed by atoms with E-state index in [0.717, 1.165) is 5.39 Å². The first-order valence-electron chi connectivity index (χ1n) is 3.35. The minimum absolute atomic E-state index is 0.256. The Kier molecular flexibility index (Phi) is 1.49. The van der Waals surface area contributed by atoms with Crippen molar-refractivity contribution in [1.82, 2.24) is 9.97 Å². The van der Waals surface area contributed by atoms with Crippen molar-refractivity contribution in [3.05, 3.63) is 29.0 Å². The number of nitrogens with zero attached hydrogens (tertiary/aromatic N) is 2. The molecule has 0 aliphatic heterocycles. The normalized spacial score (nSPS) is 10.0. The minimum atomic E-state index is 0.256. The van der Waals surface area contributed by atoms with E-state index in [1.54, 1.807) is 12.3 Å². The second kappa shape index (κ2) is 2.50. The van der Waals surface area contributed by atoms with Gasteiger partial charge in [0.25, 0.3) is 0 Å². The zero-order valence-corrected chi connectivity index (χ0v) is 6.76. The van der Waals surface area contributed by atoms with Crippen molar-refractivity contribution >= 4 is 22.6 Å². The molecule has 0 saturated heterocycles. The van der Waals surface area contributed by atoms with E-state index in [4.69, 9.17) is 16.9 Å². The number of hydrogen-bond donors (Lipinski definition) is 1. The number of aromatic amines is 1. The van der Waals surface area contributed by atoms with Crippen LogP contribution in [0, 0.1) is 11.3 Å². The molecule has 0 atom stereocenters. The van der Waals surface area contributed by atoms with Crippen LogP contribution in [0.2, 0.25) is 5.02 Å². The number of hydrogen-bond acceptors (Lipinski definition) is 2. The zero-order valence-electron chi connectivity index (χ0n) is 6.00. The van der Waals surface area contributed by atoms with Gasteiger partial charge in [-0.05, 0) is 12.1 Å². The lowest BCUT2D eigenvalue weighted by Crippen LogP contribution is -1.84. The molecule has 2 heterocycles. The van der Waals surface area contributed by atoms with E-state index in [9.17, 15) is 0 Å². The third-order valence-electron chi connectivity index (χ3n) is 1.59. The van der Waals surface area contributed by atoms with Crippen molar-refractivity contribution < 1.29 is 0 Å². The molecule has 2 rings (SSSR count). The molecular formula is C8H4ClN3. The van der Waals surface area contributed by atoms with Crippen molar-refractivity contribution in [2.45, 2.75) is 0 Å². The van der Waals surface area contributed by atoms with Gasteiger partial charge in [-0.15, -0.1) is 0 Å². The maximum atomic E-state index is 8.60. The van der Waals surface area contributed by atoms with Gasteiger partial charge in [0.05, 0.1) is 5.02 Å².